The first-order valence-corrected chi connectivity index (χ1v) is 9.84. The maximum absolute atomic E-state index is 13.0. The number of aromatic nitrogens is 3. The Morgan fingerprint density at radius 1 is 1.21 bits per heavy atom. The van der Waals surface area contributed by atoms with Gasteiger partial charge in [0.1, 0.15) is 5.69 Å². The van der Waals surface area contributed by atoms with Crippen LogP contribution < -0.4 is 5.32 Å². The number of benzene rings is 2. The number of urea groups is 1. The van der Waals surface area contributed by atoms with Gasteiger partial charge < -0.3 is 15.3 Å². The van der Waals surface area contributed by atoms with Gasteiger partial charge in [0.2, 0.25) is 0 Å². The second-order valence-electron chi connectivity index (χ2n) is 7.63. The average molecular weight is 377 g/mol. The van der Waals surface area contributed by atoms with Crippen molar-refractivity contribution in [2.45, 2.75) is 38.3 Å². The van der Waals surface area contributed by atoms with Gasteiger partial charge in [0.05, 0.1) is 24.5 Å². The van der Waals surface area contributed by atoms with Crippen LogP contribution in [0, 0.1) is 0 Å². The lowest BCUT2D eigenvalue weighted by Gasteiger charge is -2.32. The Morgan fingerprint density at radius 3 is 2.89 bits per heavy atom. The second kappa shape index (κ2) is 6.91. The number of likely N-dealkylation sites (tertiary alicyclic amines) is 1. The zero-order valence-electron chi connectivity index (χ0n) is 15.6. The zero-order chi connectivity index (χ0) is 19.1. The molecule has 0 bridgehead atoms. The first-order chi connectivity index (χ1) is 13.7. The van der Waals surface area contributed by atoms with Gasteiger partial charge in [-0.2, -0.15) is 0 Å². The number of carbonyl (C=O) groups is 1. The van der Waals surface area contributed by atoms with Gasteiger partial charge in [-0.3, -0.25) is 0 Å². The Balaban J connectivity index is 1.35. The van der Waals surface area contributed by atoms with Gasteiger partial charge in [0.15, 0.2) is 0 Å². The molecule has 7 heteroatoms. The summed E-state index contributed by atoms with van der Waals surface area (Å²) in [6.45, 7) is 1.19. The van der Waals surface area contributed by atoms with Crippen molar-refractivity contribution < 1.29 is 9.90 Å². The standard InChI is InChI=1S/C21H23N5O2/c27-13-16-11-26(24-23-16)17-4-2-10-25(12-17)21(28)22-19-9-8-15-7-6-14-3-1-5-18(19)20(14)15/h1,3,5,8-9,11,17,27H,2,4,6-7,10,12-13H2,(H,22,28). The van der Waals surface area contributed by atoms with Gasteiger partial charge >= 0.3 is 6.03 Å². The fraction of sp³-hybridized carbons (Fsp3) is 0.381. The summed E-state index contributed by atoms with van der Waals surface area (Å²) in [6, 6.07) is 10.5. The molecule has 2 aromatic carbocycles. The van der Waals surface area contributed by atoms with Crippen molar-refractivity contribution in [1.82, 2.24) is 19.9 Å². The number of anilines is 1. The number of carbonyl (C=O) groups excluding carboxylic acids is 1. The highest BCUT2D eigenvalue weighted by Crippen LogP contribution is 2.35. The normalized spacial score (nSPS) is 18.6. The quantitative estimate of drug-likeness (QED) is 0.735. The molecule has 2 heterocycles. The van der Waals surface area contributed by atoms with Crippen molar-refractivity contribution >= 4 is 22.5 Å². The number of piperidine rings is 1. The van der Waals surface area contributed by atoms with Crippen molar-refractivity contribution in [3.8, 4) is 0 Å². The number of nitrogens with one attached hydrogen (secondary N) is 1. The van der Waals surface area contributed by atoms with E-state index in [1.54, 1.807) is 10.9 Å². The number of aliphatic hydroxyl groups is 1. The van der Waals surface area contributed by atoms with Crippen LogP contribution in [0.2, 0.25) is 0 Å². The summed E-state index contributed by atoms with van der Waals surface area (Å²) in [5, 5.41) is 22.8. The summed E-state index contributed by atoms with van der Waals surface area (Å²) < 4.78 is 1.77. The van der Waals surface area contributed by atoms with Crippen molar-refractivity contribution in [3.63, 3.8) is 0 Å². The highest BCUT2D eigenvalue weighted by molar-refractivity contribution is 6.04. The molecule has 144 valence electrons. The maximum Gasteiger partial charge on any atom is 0.321 e. The lowest BCUT2D eigenvalue weighted by atomic mass is 10.0. The Morgan fingerprint density at radius 2 is 2.07 bits per heavy atom. The predicted octanol–water partition coefficient (Wildman–Crippen LogP) is 2.89. The third kappa shape index (κ3) is 2.92. The monoisotopic (exact) mass is 377 g/mol. The van der Waals surface area contributed by atoms with E-state index in [9.17, 15) is 9.90 Å². The van der Waals surface area contributed by atoms with Gasteiger partial charge in [-0.1, -0.05) is 29.5 Å². The first kappa shape index (κ1) is 17.2. The topological polar surface area (TPSA) is 83.3 Å². The molecule has 1 atom stereocenters. The van der Waals surface area contributed by atoms with E-state index in [2.05, 4.69) is 39.9 Å². The largest absolute Gasteiger partial charge is 0.390 e. The molecule has 28 heavy (non-hydrogen) atoms. The van der Waals surface area contributed by atoms with E-state index in [1.165, 1.54) is 16.5 Å². The molecule has 3 aromatic rings. The van der Waals surface area contributed by atoms with Gasteiger partial charge in [0.25, 0.3) is 0 Å². The minimum absolute atomic E-state index is 0.0779. The van der Waals surface area contributed by atoms with Gasteiger partial charge in [-0.25, -0.2) is 9.48 Å². The van der Waals surface area contributed by atoms with Gasteiger partial charge in [-0.15, -0.1) is 5.10 Å². The number of rotatable bonds is 3. The van der Waals surface area contributed by atoms with Gasteiger partial charge in [0, 0.05) is 18.5 Å². The molecule has 1 fully saturated rings. The highest BCUT2D eigenvalue weighted by Gasteiger charge is 2.26. The molecule has 0 saturated carbocycles. The molecule has 1 aliphatic carbocycles. The van der Waals surface area contributed by atoms with E-state index >= 15 is 0 Å². The van der Waals surface area contributed by atoms with E-state index in [0.717, 1.165) is 43.3 Å². The molecule has 1 unspecified atom stereocenters. The molecule has 2 amide bonds. The first-order valence-electron chi connectivity index (χ1n) is 9.84. The van der Waals surface area contributed by atoms with Crippen LogP contribution >= 0.6 is 0 Å². The lowest BCUT2D eigenvalue weighted by molar-refractivity contribution is 0.174. The van der Waals surface area contributed by atoms with E-state index in [1.807, 2.05) is 11.0 Å². The third-order valence-corrected chi connectivity index (χ3v) is 5.90. The summed E-state index contributed by atoms with van der Waals surface area (Å²) in [7, 11) is 0. The third-order valence-electron chi connectivity index (χ3n) is 5.90. The van der Waals surface area contributed by atoms with Crippen LogP contribution in [0.4, 0.5) is 10.5 Å². The number of aryl methyl sites for hydroxylation is 2. The molecule has 0 radical (unpaired) electrons. The van der Waals surface area contributed by atoms with Crippen molar-refractivity contribution in [3.05, 3.63) is 53.3 Å². The minimum Gasteiger partial charge on any atom is -0.390 e. The fourth-order valence-corrected chi connectivity index (χ4v) is 4.47. The van der Waals surface area contributed by atoms with Crippen LogP contribution in [-0.2, 0) is 19.4 Å². The minimum atomic E-state index is -0.123. The number of nitrogens with zero attached hydrogens (tertiary/aromatic N) is 4. The smallest absolute Gasteiger partial charge is 0.321 e. The Bertz CT molecular complexity index is 1030. The molecule has 1 aliphatic heterocycles. The predicted molar refractivity (Wildman–Crippen MR) is 106 cm³/mol. The molecule has 0 spiro atoms. The van der Waals surface area contributed by atoms with Crippen LogP contribution in [0.5, 0.6) is 0 Å². The zero-order valence-corrected chi connectivity index (χ0v) is 15.6. The van der Waals surface area contributed by atoms with Crippen molar-refractivity contribution in [2.24, 2.45) is 0 Å². The summed E-state index contributed by atoms with van der Waals surface area (Å²) >= 11 is 0. The van der Waals surface area contributed by atoms with Crippen LogP contribution in [0.1, 0.15) is 35.7 Å². The van der Waals surface area contributed by atoms with E-state index in [-0.39, 0.29) is 18.7 Å². The summed E-state index contributed by atoms with van der Waals surface area (Å²) in [5.74, 6) is 0. The maximum atomic E-state index is 13.0. The molecule has 7 nitrogen and oxygen atoms in total. The van der Waals surface area contributed by atoms with Crippen molar-refractivity contribution in [1.29, 1.82) is 0 Å². The van der Waals surface area contributed by atoms with Crippen LogP contribution in [0.3, 0.4) is 0 Å². The fourth-order valence-electron chi connectivity index (χ4n) is 4.47. The number of amides is 2. The summed E-state index contributed by atoms with van der Waals surface area (Å²) in [6.07, 6.45) is 5.77. The van der Waals surface area contributed by atoms with Crippen LogP contribution in [-0.4, -0.2) is 44.1 Å². The number of hydrogen-bond acceptors (Lipinski definition) is 4. The van der Waals surface area contributed by atoms with E-state index in [0.29, 0.717) is 12.2 Å². The van der Waals surface area contributed by atoms with E-state index < -0.39 is 0 Å². The Kier molecular flexibility index (Phi) is 4.24. The van der Waals surface area contributed by atoms with Gasteiger partial charge in [-0.05, 0) is 48.3 Å². The molecule has 1 aromatic heterocycles. The molecular weight excluding hydrogens is 354 g/mol. The average Bonchev–Trinajstić information content (AvgIpc) is 3.38. The molecular formula is C21H23N5O2. The molecule has 5 rings (SSSR count). The van der Waals surface area contributed by atoms with E-state index in [4.69, 9.17) is 0 Å². The molecule has 2 aliphatic rings. The SMILES string of the molecule is O=C(Nc1ccc2c3c(cccc13)CC2)N1CCCC(n2cc(CO)nn2)C1. The summed E-state index contributed by atoms with van der Waals surface area (Å²) in [4.78, 5) is 14.8. The summed E-state index contributed by atoms with van der Waals surface area (Å²) in [5.41, 5.74) is 4.16. The lowest BCUT2D eigenvalue weighted by Crippen LogP contribution is -2.43. The number of aliphatic hydroxyl groups excluding tert-OH is 1. The van der Waals surface area contributed by atoms with Crippen molar-refractivity contribution in [2.75, 3.05) is 18.4 Å². The molecule has 1 saturated heterocycles. The van der Waals surface area contributed by atoms with Crippen LogP contribution in [0.25, 0.3) is 10.8 Å². The second-order valence-corrected chi connectivity index (χ2v) is 7.63. The Labute approximate surface area is 163 Å². The Hall–Kier alpha value is -2.93. The van der Waals surface area contributed by atoms with Crippen LogP contribution in [0.15, 0.2) is 36.5 Å². The number of hydrogen-bond donors (Lipinski definition) is 2. The molecule has 2 N–H and O–H groups in total. The highest BCUT2D eigenvalue weighted by atomic mass is 16.3.